The van der Waals surface area contributed by atoms with Gasteiger partial charge in [0.15, 0.2) is 11.5 Å². The zero-order chi connectivity index (χ0) is 16.1. The lowest BCUT2D eigenvalue weighted by Crippen LogP contribution is -1.94. The van der Waals surface area contributed by atoms with Crippen LogP contribution in [-0.4, -0.2) is 20.4 Å². The van der Waals surface area contributed by atoms with E-state index >= 15 is 0 Å². The summed E-state index contributed by atoms with van der Waals surface area (Å²) in [6, 6.07) is 11.9. The first-order valence-corrected chi connectivity index (χ1v) is 8.34. The second-order valence-corrected chi connectivity index (χ2v) is 6.50. The number of halogens is 2. The Morgan fingerprint density at radius 1 is 1.00 bits per heavy atom. The molecule has 5 heteroatoms. The van der Waals surface area contributed by atoms with Gasteiger partial charge in [-0.1, -0.05) is 37.9 Å². The molecule has 22 heavy (non-hydrogen) atoms. The molecular weight excluding hydrogens is 410 g/mol. The normalized spacial score (nSPS) is 12.4. The SMILES string of the molecule is COc1ccc(C=NC(C)c2ccc(Br)cc2Br)cc1OC. The number of rotatable bonds is 5. The molecule has 0 spiro atoms. The predicted octanol–water partition coefficient (Wildman–Crippen LogP) is 5.41. The summed E-state index contributed by atoms with van der Waals surface area (Å²) in [7, 11) is 3.25. The second kappa shape index (κ2) is 7.79. The van der Waals surface area contributed by atoms with E-state index in [9.17, 15) is 0 Å². The van der Waals surface area contributed by atoms with E-state index in [1.54, 1.807) is 14.2 Å². The molecule has 2 rings (SSSR count). The van der Waals surface area contributed by atoms with E-state index in [0.717, 1.165) is 20.1 Å². The van der Waals surface area contributed by atoms with Crippen molar-refractivity contribution in [1.82, 2.24) is 0 Å². The number of hydrogen-bond donors (Lipinski definition) is 0. The third kappa shape index (κ3) is 4.11. The fraction of sp³-hybridized carbons (Fsp3) is 0.235. The minimum Gasteiger partial charge on any atom is -0.493 e. The van der Waals surface area contributed by atoms with Crippen molar-refractivity contribution < 1.29 is 9.47 Å². The third-order valence-electron chi connectivity index (χ3n) is 3.27. The van der Waals surface area contributed by atoms with Gasteiger partial charge >= 0.3 is 0 Å². The topological polar surface area (TPSA) is 30.8 Å². The van der Waals surface area contributed by atoms with Crippen LogP contribution in [-0.2, 0) is 0 Å². The van der Waals surface area contributed by atoms with Crippen LogP contribution in [0.1, 0.15) is 24.1 Å². The quantitative estimate of drug-likeness (QED) is 0.598. The van der Waals surface area contributed by atoms with E-state index in [-0.39, 0.29) is 6.04 Å². The smallest absolute Gasteiger partial charge is 0.161 e. The first-order chi connectivity index (χ1) is 10.5. The van der Waals surface area contributed by atoms with E-state index < -0.39 is 0 Å². The molecule has 0 N–H and O–H groups in total. The van der Waals surface area contributed by atoms with E-state index in [0.29, 0.717) is 11.5 Å². The Morgan fingerprint density at radius 3 is 2.36 bits per heavy atom. The maximum Gasteiger partial charge on any atom is 0.161 e. The Morgan fingerprint density at radius 2 is 1.73 bits per heavy atom. The molecule has 0 saturated carbocycles. The van der Waals surface area contributed by atoms with Crippen LogP contribution in [0.4, 0.5) is 0 Å². The van der Waals surface area contributed by atoms with Crippen LogP contribution in [0.2, 0.25) is 0 Å². The number of ether oxygens (including phenoxy) is 2. The van der Waals surface area contributed by atoms with E-state index in [1.165, 1.54) is 0 Å². The molecule has 0 aromatic heterocycles. The maximum absolute atomic E-state index is 5.30. The molecule has 0 aliphatic rings. The highest BCUT2D eigenvalue weighted by atomic mass is 79.9. The molecule has 1 unspecified atom stereocenters. The number of nitrogens with zero attached hydrogens (tertiary/aromatic N) is 1. The summed E-state index contributed by atoms with van der Waals surface area (Å²) >= 11 is 7.03. The van der Waals surface area contributed by atoms with Gasteiger partial charge in [0, 0.05) is 15.2 Å². The molecule has 116 valence electrons. The van der Waals surface area contributed by atoms with Gasteiger partial charge in [-0.2, -0.15) is 0 Å². The molecule has 0 aliphatic heterocycles. The minimum atomic E-state index is 0.0515. The molecule has 0 amide bonds. The van der Waals surface area contributed by atoms with Crippen LogP contribution in [0.15, 0.2) is 50.3 Å². The van der Waals surface area contributed by atoms with Crippen molar-refractivity contribution in [2.75, 3.05) is 14.2 Å². The average molecular weight is 427 g/mol. The molecule has 0 heterocycles. The second-order valence-electron chi connectivity index (χ2n) is 4.73. The van der Waals surface area contributed by atoms with Crippen LogP contribution in [0.25, 0.3) is 0 Å². The van der Waals surface area contributed by atoms with Crippen molar-refractivity contribution in [2.45, 2.75) is 13.0 Å². The molecule has 0 fully saturated rings. The Bertz CT molecular complexity index is 686. The van der Waals surface area contributed by atoms with E-state index in [1.807, 2.05) is 36.5 Å². The summed E-state index contributed by atoms with van der Waals surface area (Å²) in [4.78, 5) is 4.62. The maximum atomic E-state index is 5.30. The number of methoxy groups -OCH3 is 2. The monoisotopic (exact) mass is 425 g/mol. The van der Waals surface area contributed by atoms with Gasteiger partial charge in [0.2, 0.25) is 0 Å². The van der Waals surface area contributed by atoms with Crippen molar-refractivity contribution in [3.05, 3.63) is 56.5 Å². The minimum absolute atomic E-state index is 0.0515. The Balaban J connectivity index is 2.20. The molecular formula is C17H17Br2NO2. The van der Waals surface area contributed by atoms with Gasteiger partial charge in [0.25, 0.3) is 0 Å². The lowest BCUT2D eigenvalue weighted by Gasteiger charge is -2.10. The van der Waals surface area contributed by atoms with E-state index in [2.05, 4.69) is 49.8 Å². The fourth-order valence-corrected chi connectivity index (χ4v) is 3.43. The van der Waals surface area contributed by atoms with Gasteiger partial charge in [-0.15, -0.1) is 0 Å². The van der Waals surface area contributed by atoms with Gasteiger partial charge in [-0.25, -0.2) is 0 Å². The largest absolute Gasteiger partial charge is 0.493 e. The van der Waals surface area contributed by atoms with E-state index in [4.69, 9.17) is 9.47 Å². The summed E-state index contributed by atoms with van der Waals surface area (Å²) < 4.78 is 12.6. The summed E-state index contributed by atoms with van der Waals surface area (Å²) in [6.45, 7) is 2.06. The van der Waals surface area contributed by atoms with Gasteiger partial charge in [0.05, 0.1) is 20.3 Å². The highest BCUT2D eigenvalue weighted by molar-refractivity contribution is 9.11. The van der Waals surface area contributed by atoms with Gasteiger partial charge < -0.3 is 9.47 Å². The standard InChI is InChI=1S/C17H17Br2NO2/c1-11(14-6-5-13(18)9-15(14)19)20-10-12-4-7-16(21-2)17(8-12)22-3/h4-11H,1-3H3. The summed E-state index contributed by atoms with van der Waals surface area (Å²) in [5, 5.41) is 0. The fourth-order valence-electron chi connectivity index (χ4n) is 2.05. The van der Waals surface area contributed by atoms with Gasteiger partial charge in [-0.3, -0.25) is 4.99 Å². The highest BCUT2D eigenvalue weighted by Crippen LogP contribution is 2.30. The zero-order valence-corrected chi connectivity index (χ0v) is 15.8. The van der Waals surface area contributed by atoms with Crippen molar-refractivity contribution >= 4 is 38.1 Å². The van der Waals surface area contributed by atoms with Crippen molar-refractivity contribution in [3.8, 4) is 11.5 Å². The van der Waals surface area contributed by atoms with Crippen LogP contribution in [0.3, 0.4) is 0 Å². The predicted molar refractivity (Wildman–Crippen MR) is 97.4 cm³/mol. The molecule has 2 aromatic carbocycles. The molecule has 0 aliphatic carbocycles. The van der Waals surface area contributed by atoms with Gasteiger partial charge in [0.1, 0.15) is 0 Å². The van der Waals surface area contributed by atoms with Crippen molar-refractivity contribution in [1.29, 1.82) is 0 Å². The number of benzene rings is 2. The molecule has 0 radical (unpaired) electrons. The first kappa shape index (κ1) is 17.0. The number of hydrogen-bond acceptors (Lipinski definition) is 3. The Hall–Kier alpha value is -1.33. The van der Waals surface area contributed by atoms with Gasteiger partial charge in [-0.05, 0) is 48.4 Å². The molecule has 0 saturated heterocycles. The Labute approximate surface area is 147 Å². The van der Waals surface area contributed by atoms with Crippen LogP contribution >= 0.6 is 31.9 Å². The first-order valence-electron chi connectivity index (χ1n) is 6.75. The Kier molecular flexibility index (Phi) is 6.03. The summed E-state index contributed by atoms with van der Waals surface area (Å²) in [6.07, 6.45) is 1.85. The number of aliphatic imine (C=N–C) groups is 1. The van der Waals surface area contributed by atoms with Crippen LogP contribution in [0.5, 0.6) is 11.5 Å². The molecule has 2 aromatic rings. The third-order valence-corrected chi connectivity index (χ3v) is 4.45. The van der Waals surface area contributed by atoms with Crippen LogP contribution in [0, 0.1) is 0 Å². The van der Waals surface area contributed by atoms with Crippen LogP contribution < -0.4 is 9.47 Å². The lowest BCUT2D eigenvalue weighted by atomic mass is 10.1. The summed E-state index contributed by atoms with van der Waals surface area (Å²) in [5.41, 5.74) is 2.11. The molecule has 3 nitrogen and oxygen atoms in total. The highest BCUT2D eigenvalue weighted by Gasteiger charge is 2.08. The molecule has 1 atom stereocenters. The molecule has 0 bridgehead atoms. The van der Waals surface area contributed by atoms with Crippen molar-refractivity contribution in [2.24, 2.45) is 4.99 Å². The van der Waals surface area contributed by atoms with Crippen molar-refractivity contribution in [3.63, 3.8) is 0 Å². The zero-order valence-electron chi connectivity index (χ0n) is 12.6. The lowest BCUT2D eigenvalue weighted by molar-refractivity contribution is 0.355. The average Bonchev–Trinajstić information content (AvgIpc) is 2.52. The summed E-state index contributed by atoms with van der Waals surface area (Å²) in [5.74, 6) is 1.41.